The molecule has 4 nitrogen and oxygen atoms in total. The second kappa shape index (κ2) is 4.02. The molecule has 0 saturated heterocycles. The molecule has 3 N–H and O–H groups in total. The van der Waals surface area contributed by atoms with Crippen molar-refractivity contribution in [2.75, 3.05) is 12.8 Å². The molecule has 0 fully saturated rings. The number of benzene rings is 1. The van der Waals surface area contributed by atoms with Crippen LogP contribution in [0.25, 0.3) is 11.3 Å². The van der Waals surface area contributed by atoms with E-state index in [2.05, 4.69) is 10.2 Å². The second-order valence-electron chi connectivity index (χ2n) is 3.15. The summed E-state index contributed by atoms with van der Waals surface area (Å²) in [5.41, 5.74) is 6.21. The summed E-state index contributed by atoms with van der Waals surface area (Å²) in [5, 5.41) is 6.27. The van der Waals surface area contributed by atoms with E-state index in [1.165, 1.54) is 13.2 Å². The van der Waals surface area contributed by atoms with Crippen LogP contribution in [0.2, 0.25) is 5.02 Å². The number of rotatable bonds is 2. The molecule has 1 aromatic heterocycles. The molecular formula is C10H9ClFN3O. The van der Waals surface area contributed by atoms with Gasteiger partial charge in [0.05, 0.1) is 12.8 Å². The lowest BCUT2D eigenvalue weighted by Gasteiger charge is -2.06. The van der Waals surface area contributed by atoms with Crippen LogP contribution in [0.5, 0.6) is 5.75 Å². The van der Waals surface area contributed by atoms with E-state index in [0.717, 1.165) is 0 Å². The molecule has 0 atom stereocenters. The summed E-state index contributed by atoms with van der Waals surface area (Å²) in [6.45, 7) is 0. The van der Waals surface area contributed by atoms with E-state index in [1.54, 1.807) is 12.1 Å². The molecule has 0 saturated carbocycles. The number of nitrogens with two attached hydrogens (primary N) is 1. The van der Waals surface area contributed by atoms with E-state index in [9.17, 15) is 4.39 Å². The van der Waals surface area contributed by atoms with Gasteiger partial charge in [-0.05, 0) is 12.1 Å². The van der Waals surface area contributed by atoms with Gasteiger partial charge in [-0.3, -0.25) is 5.10 Å². The molecule has 1 aromatic carbocycles. The number of hydrogen-bond acceptors (Lipinski definition) is 3. The summed E-state index contributed by atoms with van der Waals surface area (Å²) < 4.78 is 18.7. The van der Waals surface area contributed by atoms with Gasteiger partial charge in [0.25, 0.3) is 0 Å². The van der Waals surface area contributed by atoms with Crippen molar-refractivity contribution >= 4 is 17.4 Å². The molecule has 0 unspecified atom stereocenters. The van der Waals surface area contributed by atoms with Gasteiger partial charge in [0.1, 0.15) is 16.6 Å². The van der Waals surface area contributed by atoms with Crippen LogP contribution in [-0.2, 0) is 0 Å². The maximum absolute atomic E-state index is 13.8. The van der Waals surface area contributed by atoms with Crippen molar-refractivity contribution in [3.05, 3.63) is 29.0 Å². The molecule has 2 rings (SSSR count). The first-order valence-corrected chi connectivity index (χ1v) is 4.84. The molecular weight excluding hydrogens is 233 g/mol. The van der Waals surface area contributed by atoms with Crippen LogP contribution < -0.4 is 10.5 Å². The van der Waals surface area contributed by atoms with Crippen LogP contribution in [0.15, 0.2) is 18.2 Å². The Morgan fingerprint density at radius 1 is 1.50 bits per heavy atom. The predicted molar refractivity (Wildman–Crippen MR) is 60.0 cm³/mol. The monoisotopic (exact) mass is 241 g/mol. The van der Waals surface area contributed by atoms with Gasteiger partial charge < -0.3 is 10.5 Å². The Hall–Kier alpha value is -1.75. The van der Waals surface area contributed by atoms with Crippen LogP contribution in [0.3, 0.4) is 0 Å². The molecule has 2 aromatic rings. The highest BCUT2D eigenvalue weighted by Gasteiger charge is 2.14. The zero-order valence-corrected chi connectivity index (χ0v) is 9.18. The highest BCUT2D eigenvalue weighted by atomic mass is 35.5. The first kappa shape index (κ1) is 10.8. The summed E-state index contributed by atoms with van der Waals surface area (Å²) in [6.07, 6.45) is 0. The molecule has 16 heavy (non-hydrogen) atoms. The Labute approximate surface area is 96.2 Å². The molecule has 0 amide bonds. The van der Waals surface area contributed by atoms with Gasteiger partial charge >= 0.3 is 0 Å². The predicted octanol–water partition coefficient (Wildman–Crippen LogP) is 2.46. The van der Waals surface area contributed by atoms with E-state index < -0.39 is 5.82 Å². The number of H-pyrrole nitrogens is 1. The van der Waals surface area contributed by atoms with Crippen LogP contribution >= 0.6 is 11.6 Å². The number of methoxy groups -OCH3 is 1. The zero-order chi connectivity index (χ0) is 11.7. The SMILES string of the molecule is COc1ccc(-c2cc(N)n[nH]2)c(F)c1Cl. The fourth-order valence-electron chi connectivity index (χ4n) is 1.37. The van der Waals surface area contributed by atoms with Crippen LogP contribution in [-0.4, -0.2) is 17.3 Å². The second-order valence-corrected chi connectivity index (χ2v) is 3.53. The Balaban J connectivity index is 2.55. The van der Waals surface area contributed by atoms with Gasteiger partial charge in [0, 0.05) is 11.6 Å². The van der Waals surface area contributed by atoms with Crippen molar-refractivity contribution in [2.45, 2.75) is 0 Å². The minimum Gasteiger partial charge on any atom is -0.495 e. The van der Waals surface area contributed by atoms with Crippen molar-refractivity contribution in [1.29, 1.82) is 0 Å². The van der Waals surface area contributed by atoms with Crippen LogP contribution in [0, 0.1) is 5.82 Å². The van der Waals surface area contributed by atoms with Crippen molar-refractivity contribution in [3.63, 3.8) is 0 Å². The number of anilines is 1. The lowest BCUT2D eigenvalue weighted by atomic mass is 10.1. The van der Waals surface area contributed by atoms with Gasteiger partial charge in [0.2, 0.25) is 0 Å². The van der Waals surface area contributed by atoms with Gasteiger partial charge in [-0.2, -0.15) is 5.10 Å². The van der Waals surface area contributed by atoms with E-state index in [-0.39, 0.29) is 10.8 Å². The summed E-state index contributed by atoms with van der Waals surface area (Å²) >= 11 is 5.79. The number of hydrogen-bond donors (Lipinski definition) is 2. The molecule has 0 bridgehead atoms. The molecule has 0 spiro atoms. The van der Waals surface area contributed by atoms with Gasteiger partial charge in [0.15, 0.2) is 5.82 Å². The number of nitrogens with zero attached hydrogens (tertiary/aromatic N) is 1. The minimum absolute atomic E-state index is 0.0619. The molecule has 0 radical (unpaired) electrons. The fourth-order valence-corrected chi connectivity index (χ4v) is 1.61. The summed E-state index contributed by atoms with van der Waals surface area (Å²) in [5.74, 6) is 0.0152. The number of nitrogen functional groups attached to an aromatic ring is 1. The van der Waals surface area contributed by atoms with Gasteiger partial charge in [-0.1, -0.05) is 11.6 Å². The van der Waals surface area contributed by atoms with E-state index in [1.807, 2.05) is 0 Å². The Bertz CT molecular complexity index is 527. The molecule has 0 aliphatic carbocycles. The lowest BCUT2D eigenvalue weighted by molar-refractivity contribution is 0.412. The van der Waals surface area contributed by atoms with Crippen LogP contribution in [0.4, 0.5) is 10.2 Å². The lowest BCUT2D eigenvalue weighted by Crippen LogP contribution is -1.91. The van der Waals surface area contributed by atoms with E-state index in [4.69, 9.17) is 22.1 Å². The quantitative estimate of drug-likeness (QED) is 0.849. The van der Waals surface area contributed by atoms with E-state index >= 15 is 0 Å². The normalized spacial score (nSPS) is 10.4. The number of halogens is 2. The van der Waals surface area contributed by atoms with Crippen molar-refractivity contribution in [3.8, 4) is 17.0 Å². The maximum Gasteiger partial charge on any atom is 0.154 e. The summed E-state index contributed by atoms with van der Waals surface area (Å²) in [4.78, 5) is 0. The van der Waals surface area contributed by atoms with Crippen molar-refractivity contribution in [1.82, 2.24) is 10.2 Å². The maximum atomic E-state index is 13.8. The molecule has 84 valence electrons. The Morgan fingerprint density at radius 2 is 2.25 bits per heavy atom. The number of aromatic amines is 1. The fraction of sp³-hybridized carbons (Fsp3) is 0.100. The molecule has 0 aliphatic rings. The largest absolute Gasteiger partial charge is 0.495 e. The zero-order valence-electron chi connectivity index (χ0n) is 8.42. The minimum atomic E-state index is -0.565. The van der Waals surface area contributed by atoms with Gasteiger partial charge in [-0.15, -0.1) is 0 Å². The summed E-state index contributed by atoms with van der Waals surface area (Å²) in [6, 6.07) is 4.66. The summed E-state index contributed by atoms with van der Waals surface area (Å²) in [7, 11) is 1.43. The average Bonchev–Trinajstić information content (AvgIpc) is 2.69. The topological polar surface area (TPSA) is 63.9 Å². The molecule has 6 heteroatoms. The third kappa shape index (κ3) is 1.69. The first-order chi connectivity index (χ1) is 7.63. The Morgan fingerprint density at radius 3 is 2.81 bits per heavy atom. The standard InChI is InChI=1S/C10H9ClFN3O/c1-16-7-3-2-5(10(12)9(7)11)6-4-8(13)15-14-6/h2-4H,1H3,(H3,13,14,15). The highest BCUT2D eigenvalue weighted by Crippen LogP contribution is 2.33. The number of ether oxygens (including phenoxy) is 1. The third-order valence-corrected chi connectivity index (χ3v) is 2.51. The van der Waals surface area contributed by atoms with Gasteiger partial charge in [-0.25, -0.2) is 4.39 Å². The highest BCUT2D eigenvalue weighted by molar-refractivity contribution is 6.32. The van der Waals surface area contributed by atoms with Crippen LogP contribution in [0.1, 0.15) is 0 Å². The van der Waals surface area contributed by atoms with Crippen molar-refractivity contribution in [2.24, 2.45) is 0 Å². The smallest absolute Gasteiger partial charge is 0.154 e. The number of nitrogens with one attached hydrogen (secondary N) is 1. The Kier molecular flexibility index (Phi) is 2.70. The third-order valence-electron chi connectivity index (χ3n) is 2.15. The van der Waals surface area contributed by atoms with E-state index in [0.29, 0.717) is 17.1 Å². The number of aromatic nitrogens is 2. The molecule has 0 aliphatic heterocycles. The molecule has 1 heterocycles. The first-order valence-electron chi connectivity index (χ1n) is 4.46. The van der Waals surface area contributed by atoms with Crippen molar-refractivity contribution < 1.29 is 9.13 Å². The average molecular weight is 242 g/mol.